The molecular weight excluding hydrogens is 495 g/mol. The molecule has 36 heavy (non-hydrogen) atoms. The Hall–Kier alpha value is -2.83. The SMILES string of the molecule is CC(C)(C)NC(=O)[C@@H](Cc1ccccc1)N(Cc1ccccc1Cl)C(=O)CSCc1ccc(F)cc1. The number of hydrogen-bond acceptors (Lipinski definition) is 3. The summed E-state index contributed by atoms with van der Waals surface area (Å²) < 4.78 is 13.2. The number of nitrogens with zero attached hydrogens (tertiary/aromatic N) is 1. The molecule has 0 aliphatic carbocycles. The van der Waals surface area contributed by atoms with E-state index in [-0.39, 0.29) is 29.9 Å². The third-order valence-electron chi connectivity index (χ3n) is 5.48. The average Bonchev–Trinajstić information content (AvgIpc) is 2.83. The maximum Gasteiger partial charge on any atom is 0.243 e. The van der Waals surface area contributed by atoms with Gasteiger partial charge in [-0.05, 0) is 55.7 Å². The monoisotopic (exact) mass is 526 g/mol. The van der Waals surface area contributed by atoms with Crippen LogP contribution in [0.1, 0.15) is 37.5 Å². The molecule has 0 aromatic heterocycles. The quantitative estimate of drug-likeness (QED) is 0.339. The molecule has 7 heteroatoms. The third-order valence-corrected chi connectivity index (χ3v) is 6.83. The normalized spacial score (nSPS) is 12.1. The van der Waals surface area contributed by atoms with Gasteiger partial charge in [0, 0.05) is 29.3 Å². The maximum atomic E-state index is 13.6. The Morgan fingerprint density at radius 1 is 0.944 bits per heavy atom. The number of thioether (sulfide) groups is 1. The summed E-state index contributed by atoms with van der Waals surface area (Å²) in [6.45, 7) is 5.97. The van der Waals surface area contributed by atoms with Crippen LogP contribution in [-0.4, -0.2) is 34.0 Å². The molecule has 3 aromatic rings. The lowest BCUT2D eigenvalue weighted by Crippen LogP contribution is -2.54. The number of carbonyl (C=O) groups is 2. The first kappa shape index (κ1) is 27.8. The van der Waals surface area contributed by atoms with Gasteiger partial charge in [-0.1, -0.05) is 72.3 Å². The van der Waals surface area contributed by atoms with E-state index >= 15 is 0 Å². The molecule has 3 aromatic carbocycles. The molecule has 0 bridgehead atoms. The van der Waals surface area contributed by atoms with E-state index in [1.165, 1.54) is 23.9 Å². The van der Waals surface area contributed by atoms with Gasteiger partial charge in [0.1, 0.15) is 11.9 Å². The summed E-state index contributed by atoms with van der Waals surface area (Å²) in [5, 5.41) is 3.60. The summed E-state index contributed by atoms with van der Waals surface area (Å²) in [4.78, 5) is 28.8. The summed E-state index contributed by atoms with van der Waals surface area (Å²) in [6.07, 6.45) is 0.377. The summed E-state index contributed by atoms with van der Waals surface area (Å²) >= 11 is 7.88. The molecule has 3 rings (SSSR count). The Balaban J connectivity index is 1.87. The number of rotatable bonds is 10. The topological polar surface area (TPSA) is 49.4 Å². The van der Waals surface area contributed by atoms with E-state index in [0.29, 0.717) is 17.2 Å². The van der Waals surface area contributed by atoms with Gasteiger partial charge in [-0.25, -0.2) is 4.39 Å². The number of hydrogen-bond donors (Lipinski definition) is 1. The van der Waals surface area contributed by atoms with Gasteiger partial charge in [0.25, 0.3) is 0 Å². The minimum absolute atomic E-state index is 0.160. The first-order chi connectivity index (χ1) is 17.1. The Labute approximate surface area is 222 Å². The minimum atomic E-state index is -0.721. The molecule has 190 valence electrons. The second-order valence-electron chi connectivity index (χ2n) is 9.68. The highest BCUT2D eigenvalue weighted by molar-refractivity contribution is 7.99. The van der Waals surface area contributed by atoms with Crippen LogP contribution >= 0.6 is 23.4 Å². The molecule has 0 aliphatic heterocycles. The Morgan fingerprint density at radius 3 is 2.22 bits per heavy atom. The van der Waals surface area contributed by atoms with Crippen LogP contribution in [0.5, 0.6) is 0 Å². The van der Waals surface area contributed by atoms with Crippen molar-refractivity contribution in [2.45, 2.75) is 51.1 Å². The van der Waals surface area contributed by atoms with Crippen molar-refractivity contribution >= 4 is 35.2 Å². The van der Waals surface area contributed by atoms with Crippen molar-refractivity contribution in [1.29, 1.82) is 0 Å². The molecule has 0 saturated heterocycles. The molecule has 0 radical (unpaired) electrons. The van der Waals surface area contributed by atoms with E-state index in [1.807, 2.05) is 69.3 Å². The fraction of sp³-hybridized carbons (Fsp3) is 0.310. The zero-order valence-corrected chi connectivity index (χ0v) is 22.4. The molecule has 0 fully saturated rings. The van der Waals surface area contributed by atoms with Gasteiger partial charge >= 0.3 is 0 Å². The largest absolute Gasteiger partial charge is 0.350 e. The molecule has 0 unspecified atom stereocenters. The van der Waals surface area contributed by atoms with Crippen molar-refractivity contribution in [2.75, 3.05) is 5.75 Å². The first-order valence-corrected chi connectivity index (χ1v) is 13.4. The zero-order chi connectivity index (χ0) is 26.1. The van der Waals surface area contributed by atoms with Crippen molar-refractivity contribution in [1.82, 2.24) is 10.2 Å². The molecule has 1 atom stereocenters. The zero-order valence-electron chi connectivity index (χ0n) is 20.8. The van der Waals surface area contributed by atoms with Crippen LogP contribution in [0.15, 0.2) is 78.9 Å². The van der Waals surface area contributed by atoms with Crippen LogP contribution < -0.4 is 5.32 Å². The number of nitrogens with one attached hydrogen (secondary N) is 1. The maximum absolute atomic E-state index is 13.6. The molecule has 4 nitrogen and oxygen atoms in total. The highest BCUT2D eigenvalue weighted by Crippen LogP contribution is 2.22. The number of benzene rings is 3. The van der Waals surface area contributed by atoms with Crippen LogP contribution in [0.25, 0.3) is 0 Å². The Kier molecular flexibility index (Phi) is 9.97. The molecule has 0 aliphatic rings. The molecule has 0 spiro atoms. The highest BCUT2D eigenvalue weighted by Gasteiger charge is 2.32. The van der Waals surface area contributed by atoms with Gasteiger partial charge < -0.3 is 10.2 Å². The number of halogens is 2. The minimum Gasteiger partial charge on any atom is -0.350 e. The van der Waals surface area contributed by atoms with Crippen molar-refractivity contribution in [2.24, 2.45) is 0 Å². The third kappa shape index (κ3) is 8.68. The van der Waals surface area contributed by atoms with Gasteiger partial charge in [-0.15, -0.1) is 11.8 Å². The molecule has 0 heterocycles. The van der Waals surface area contributed by atoms with Crippen molar-refractivity contribution < 1.29 is 14.0 Å². The van der Waals surface area contributed by atoms with Crippen LogP contribution in [0.4, 0.5) is 4.39 Å². The summed E-state index contributed by atoms with van der Waals surface area (Å²) in [5.74, 6) is 0.0704. The van der Waals surface area contributed by atoms with E-state index in [1.54, 1.807) is 23.1 Å². The van der Waals surface area contributed by atoms with Crippen LogP contribution in [0.2, 0.25) is 5.02 Å². The van der Waals surface area contributed by atoms with E-state index < -0.39 is 11.6 Å². The number of carbonyl (C=O) groups excluding carboxylic acids is 2. The smallest absolute Gasteiger partial charge is 0.243 e. The molecule has 1 N–H and O–H groups in total. The fourth-order valence-electron chi connectivity index (χ4n) is 3.74. The second kappa shape index (κ2) is 12.9. The van der Waals surface area contributed by atoms with Gasteiger partial charge in [0.2, 0.25) is 11.8 Å². The second-order valence-corrected chi connectivity index (χ2v) is 11.1. The van der Waals surface area contributed by atoms with Crippen LogP contribution in [0.3, 0.4) is 0 Å². The molecule has 0 saturated carbocycles. The Morgan fingerprint density at radius 2 is 1.58 bits per heavy atom. The van der Waals surface area contributed by atoms with Gasteiger partial charge in [0.05, 0.1) is 5.75 Å². The first-order valence-electron chi connectivity index (χ1n) is 11.8. The van der Waals surface area contributed by atoms with Crippen LogP contribution in [0, 0.1) is 5.82 Å². The number of amides is 2. The fourth-order valence-corrected chi connectivity index (χ4v) is 4.80. The summed E-state index contributed by atoms with van der Waals surface area (Å²) in [5.41, 5.74) is 2.21. The Bertz CT molecular complexity index is 1150. The predicted molar refractivity (Wildman–Crippen MR) is 146 cm³/mol. The lowest BCUT2D eigenvalue weighted by molar-refractivity contribution is -0.140. The predicted octanol–water partition coefficient (Wildman–Crippen LogP) is 6.27. The van der Waals surface area contributed by atoms with Gasteiger partial charge in [-0.3, -0.25) is 9.59 Å². The van der Waals surface area contributed by atoms with Crippen molar-refractivity contribution in [3.05, 3.63) is 106 Å². The van der Waals surface area contributed by atoms with E-state index in [2.05, 4.69) is 5.32 Å². The summed E-state index contributed by atoms with van der Waals surface area (Å²) in [7, 11) is 0. The standard InChI is InChI=1S/C29H32ClFN2O2S/c1-29(2,3)32-28(35)26(17-21-9-5-4-6-10-21)33(18-23-11-7-8-12-25(23)30)27(34)20-36-19-22-13-15-24(31)16-14-22/h4-16,26H,17-20H2,1-3H3,(H,32,35)/t26-/m1/s1. The van der Waals surface area contributed by atoms with Gasteiger partial charge in [0.15, 0.2) is 0 Å². The lowest BCUT2D eigenvalue weighted by Gasteiger charge is -2.34. The van der Waals surface area contributed by atoms with Gasteiger partial charge in [-0.2, -0.15) is 0 Å². The highest BCUT2D eigenvalue weighted by atomic mass is 35.5. The van der Waals surface area contributed by atoms with E-state index in [9.17, 15) is 14.0 Å². The average molecular weight is 527 g/mol. The van der Waals surface area contributed by atoms with Crippen molar-refractivity contribution in [3.63, 3.8) is 0 Å². The van der Waals surface area contributed by atoms with E-state index in [0.717, 1.165) is 16.7 Å². The van der Waals surface area contributed by atoms with Crippen molar-refractivity contribution in [3.8, 4) is 0 Å². The lowest BCUT2D eigenvalue weighted by atomic mass is 10.0. The molecule has 2 amide bonds. The van der Waals surface area contributed by atoms with Crippen LogP contribution in [-0.2, 0) is 28.3 Å². The van der Waals surface area contributed by atoms with E-state index in [4.69, 9.17) is 11.6 Å². The molecular formula is C29H32ClFN2O2S. The summed E-state index contributed by atoms with van der Waals surface area (Å²) in [6, 6.07) is 22.6.